The van der Waals surface area contributed by atoms with Crippen molar-refractivity contribution < 1.29 is 14.0 Å². The van der Waals surface area contributed by atoms with Gasteiger partial charge in [-0.05, 0) is 37.5 Å². The van der Waals surface area contributed by atoms with Crippen LogP contribution in [0.15, 0.2) is 24.3 Å². The maximum absolute atomic E-state index is 13.2. The first-order chi connectivity index (χ1) is 11.1. The van der Waals surface area contributed by atoms with Gasteiger partial charge in [-0.1, -0.05) is 31.4 Å². The minimum atomic E-state index is -0.309. The molecule has 0 aliphatic heterocycles. The fraction of sp³-hybridized carbons (Fsp3) is 0.556. The third-order valence-corrected chi connectivity index (χ3v) is 4.39. The summed E-state index contributed by atoms with van der Waals surface area (Å²) in [6.07, 6.45) is 5.21. The van der Waals surface area contributed by atoms with E-state index in [9.17, 15) is 14.0 Å². The molecule has 0 unspecified atom stereocenters. The Kier molecular flexibility index (Phi) is 6.56. The first-order valence-corrected chi connectivity index (χ1v) is 8.40. The summed E-state index contributed by atoms with van der Waals surface area (Å²) in [6.45, 7) is 2.76. The second-order valence-corrected chi connectivity index (χ2v) is 6.09. The number of carbonyl (C=O) groups excluding carboxylic acids is 2. The number of carbonyl (C=O) groups is 2. The molecule has 1 aromatic rings. The predicted octanol–water partition coefficient (Wildman–Crippen LogP) is 2.87. The van der Waals surface area contributed by atoms with Gasteiger partial charge in [0.25, 0.3) is 0 Å². The van der Waals surface area contributed by atoms with E-state index in [-0.39, 0.29) is 30.1 Å². The van der Waals surface area contributed by atoms with Crippen LogP contribution in [-0.2, 0) is 16.1 Å². The Morgan fingerprint density at radius 3 is 2.65 bits per heavy atom. The van der Waals surface area contributed by atoms with Crippen molar-refractivity contribution in [1.82, 2.24) is 10.2 Å². The highest BCUT2D eigenvalue weighted by molar-refractivity contribution is 5.85. The van der Waals surface area contributed by atoms with Crippen LogP contribution in [0.3, 0.4) is 0 Å². The Hall–Kier alpha value is -1.91. The van der Waals surface area contributed by atoms with Crippen molar-refractivity contribution in [1.29, 1.82) is 0 Å². The predicted molar refractivity (Wildman–Crippen MR) is 87.1 cm³/mol. The Morgan fingerprint density at radius 1 is 1.26 bits per heavy atom. The molecule has 0 bridgehead atoms. The standard InChI is InChI=1S/C18H25FN2O2/c1-2-21(13-14-7-6-10-16(19)11-14)17(22)12-20-18(23)15-8-4-3-5-9-15/h6-7,10-11,15H,2-5,8-9,12-13H2,1H3,(H,20,23). The molecule has 23 heavy (non-hydrogen) atoms. The number of hydrogen-bond donors (Lipinski definition) is 1. The van der Waals surface area contributed by atoms with E-state index in [1.54, 1.807) is 17.0 Å². The maximum atomic E-state index is 13.2. The summed E-state index contributed by atoms with van der Waals surface area (Å²) in [6, 6.07) is 6.23. The van der Waals surface area contributed by atoms with E-state index >= 15 is 0 Å². The van der Waals surface area contributed by atoms with Gasteiger partial charge in [-0.25, -0.2) is 4.39 Å². The van der Waals surface area contributed by atoms with Gasteiger partial charge in [0, 0.05) is 19.0 Å². The number of rotatable bonds is 6. The molecule has 4 nitrogen and oxygen atoms in total. The van der Waals surface area contributed by atoms with Gasteiger partial charge >= 0.3 is 0 Å². The molecule has 1 saturated carbocycles. The number of nitrogens with one attached hydrogen (secondary N) is 1. The minimum Gasteiger partial charge on any atom is -0.347 e. The topological polar surface area (TPSA) is 49.4 Å². The summed E-state index contributed by atoms with van der Waals surface area (Å²) in [4.78, 5) is 26.0. The Labute approximate surface area is 137 Å². The van der Waals surface area contributed by atoms with Crippen LogP contribution in [-0.4, -0.2) is 29.8 Å². The number of benzene rings is 1. The van der Waals surface area contributed by atoms with Gasteiger partial charge in [0.1, 0.15) is 5.82 Å². The summed E-state index contributed by atoms with van der Waals surface area (Å²) < 4.78 is 13.2. The van der Waals surface area contributed by atoms with Crippen LogP contribution >= 0.6 is 0 Å². The van der Waals surface area contributed by atoms with E-state index in [0.29, 0.717) is 13.1 Å². The Balaban J connectivity index is 1.83. The third-order valence-electron chi connectivity index (χ3n) is 4.39. The van der Waals surface area contributed by atoms with Crippen molar-refractivity contribution in [2.45, 2.75) is 45.6 Å². The lowest BCUT2D eigenvalue weighted by molar-refractivity contribution is -0.134. The molecule has 1 N–H and O–H groups in total. The van der Waals surface area contributed by atoms with Crippen molar-refractivity contribution in [2.75, 3.05) is 13.1 Å². The van der Waals surface area contributed by atoms with E-state index in [1.165, 1.54) is 18.6 Å². The van der Waals surface area contributed by atoms with Crippen LogP contribution in [0.5, 0.6) is 0 Å². The fourth-order valence-corrected chi connectivity index (χ4v) is 3.02. The molecular formula is C18H25FN2O2. The fourth-order valence-electron chi connectivity index (χ4n) is 3.02. The zero-order valence-electron chi connectivity index (χ0n) is 13.7. The number of hydrogen-bond acceptors (Lipinski definition) is 2. The molecule has 0 aromatic heterocycles. The van der Waals surface area contributed by atoms with Crippen molar-refractivity contribution in [3.05, 3.63) is 35.6 Å². The quantitative estimate of drug-likeness (QED) is 0.876. The molecule has 1 aliphatic rings. The second kappa shape index (κ2) is 8.65. The molecule has 2 amide bonds. The van der Waals surface area contributed by atoms with Gasteiger partial charge < -0.3 is 10.2 Å². The van der Waals surface area contributed by atoms with Gasteiger partial charge in [0.05, 0.1) is 6.54 Å². The van der Waals surface area contributed by atoms with E-state index in [0.717, 1.165) is 31.2 Å². The molecule has 126 valence electrons. The zero-order chi connectivity index (χ0) is 16.7. The largest absolute Gasteiger partial charge is 0.347 e. The van der Waals surface area contributed by atoms with Gasteiger partial charge in [-0.15, -0.1) is 0 Å². The molecule has 1 aromatic carbocycles. The van der Waals surface area contributed by atoms with Gasteiger partial charge in [0.15, 0.2) is 0 Å². The summed E-state index contributed by atoms with van der Waals surface area (Å²) >= 11 is 0. The average Bonchev–Trinajstić information content (AvgIpc) is 2.58. The number of nitrogens with zero attached hydrogens (tertiary/aromatic N) is 1. The van der Waals surface area contributed by atoms with Crippen LogP contribution < -0.4 is 5.32 Å². The monoisotopic (exact) mass is 320 g/mol. The lowest BCUT2D eigenvalue weighted by Crippen LogP contribution is -2.42. The van der Waals surface area contributed by atoms with Crippen LogP contribution in [0.2, 0.25) is 0 Å². The van der Waals surface area contributed by atoms with Crippen molar-refractivity contribution in [3.63, 3.8) is 0 Å². The summed E-state index contributed by atoms with van der Waals surface area (Å²) in [7, 11) is 0. The summed E-state index contributed by atoms with van der Waals surface area (Å²) in [5, 5.41) is 2.76. The smallest absolute Gasteiger partial charge is 0.242 e. The molecule has 0 atom stereocenters. The minimum absolute atomic E-state index is 0.0124. The molecule has 0 heterocycles. The molecule has 2 rings (SSSR count). The number of likely N-dealkylation sites (N-methyl/N-ethyl adjacent to an activating group) is 1. The SMILES string of the molecule is CCN(Cc1cccc(F)c1)C(=O)CNC(=O)C1CCCCC1. The molecule has 0 radical (unpaired) electrons. The maximum Gasteiger partial charge on any atom is 0.242 e. The molecule has 5 heteroatoms. The summed E-state index contributed by atoms with van der Waals surface area (Å²) in [5.74, 6) is -0.410. The number of halogens is 1. The average molecular weight is 320 g/mol. The first-order valence-electron chi connectivity index (χ1n) is 8.40. The molecule has 1 aliphatic carbocycles. The molecule has 0 saturated heterocycles. The highest BCUT2D eigenvalue weighted by Crippen LogP contribution is 2.23. The highest BCUT2D eigenvalue weighted by Gasteiger charge is 2.22. The van der Waals surface area contributed by atoms with Crippen molar-refractivity contribution in [2.24, 2.45) is 5.92 Å². The lowest BCUT2D eigenvalue weighted by atomic mass is 9.89. The molecule has 0 spiro atoms. The van der Waals surface area contributed by atoms with Crippen LogP contribution in [0.1, 0.15) is 44.6 Å². The lowest BCUT2D eigenvalue weighted by Gasteiger charge is -2.23. The molecule has 1 fully saturated rings. The molecular weight excluding hydrogens is 295 g/mol. The normalized spacial score (nSPS) is 15.2. The van der Waals surface area contributed by atoms with Gasteiger partial charge in [0.2, 0.25) is 11.8 Å². The summed E-state index contributed by atoms with van der Waals surface area (Å²) in [5.41, 5.74) is 0.749. The van der Waals surface area contributed by atoms with E-state index < -0.39 is 0 Å². The van der Waals surface area contributed by atoms with Crippen LogP contribution in [0, 0.1) is 11.7 Å². The van der Waals surface area contributed by atoms with Crippen LogP contribution in [0.4, 0.5) is 4.39 Å². The van der Waals surface area contributed by atoms with E-state index in [4.69, 9.17) is 0 Å². The van der Waals surface area contributed by atoms with Crippen LogP contribution in [0.25, 0.3) is 0 Å². The number of amides is 2. The third kappa shape index (κ3) is 5.34. The van der Waals surface area contributed by atoms with Crippen molar-refractivity contribution >= 4 is 11.8 Å². The van der Waals surface area contributed by atoms with Gasteiger partial charge in [-0.2, -0.15) is 0 Å². The highest BCUT2D eigenvalue weighted by atomic mass is 19.1. The zero-order valence-corrected chi connectivity index (χ0v) is 13.7. The van der Waals surface area contributed by atoms with E-state index in [2.05, 4.69) is 5.32 Å². The Morgan fingerprint density at radius 2 is 2.00 bits per heavy atom. The van der Waals surface area contributed by atoms with Gasteiger partial charge in [-0.3, -0.25) is 9.59 Å². The Bertz CT molecular complexity index is 542. The first kappa shape index (κ1) is 17.4. The second-order valence-electron chi connectivity index (χ2n) is 6.09. The van der Waals surface area contributed by atoms with Crippen molar-refractivity contribution in [3.8, 4) is 0 Å². The van der Waals surface area contributed by atoms with E-state index in [1.807, 2.05) is 6.92 Å².